The van der Waals surface area contributed by atoms with E-state index in [4.69, 9.17) is 11.6 Å². The third-order valence-electron chi connectivity index (χ3n) is 4.14. The highest BCUT2D eigenvalue weighted by Gasteiger charge is 2.20. The van der Waals surface area contributed by atoms with Gasteiger partial charge < -0.3 is 10.2 Å². The SMILES string of the molecule is O=C(CN1CCN(c2ccccn2)CC1)Nc1ccc(Cl)c([N+](=O)[O-])c1. The minimum absolute atomic E-state index is 0.0404. The van der Waals surface area contributed by atoms with E-state index in [2.05, 4.69) is 15.2 Å². The van der Waals surface area contributed by atoms with Crippen molar-refractivity contribution in [3.63, 3.8) is 0 Å². The second kappa shape index (κ2) is 8.11. The highest BCUT2D eigenvalue weighted by atomic mass is 35.5. The molecular weight excluding hydrogens is 358 g/mol. The molecule has 0 spiro atoms. The molecule has 2 aromatic rings. The number of benzene rings is 1. The van der Waals surface area contributed by atoms with Gasteiger partial charge in [-0.25, -0.2) is 4.98 Å². The molecule has 3 rings (SSSR count). The monoisotopic (exact) mass is 375 g/mol. The highest BCUT2D eigenvalue weighted by molar-refractivity contribution is 6.32. The smallest absolute Gasteiger partial charge is 0.289 e. The van der Waals surface area contributed by atoms with Crippen LogP contribution in [0.4, 0.5) is 17.2 Å². The highest BCUT2D eigenvalue weighted by Crippen LogP contribution is 2.27. The summed E-state index contributed by atoms with van der Waals surface area (Å²) < 4.78 is 0. The molecule has 2 heterocycles. The van der Waals surface area contributed by atoms with Gasteiger partial charge in [-0.15, -0.1) is 0 Å². The Morgan fingerprint density at radius 3 is 2.65 bits per heavy atom. The Kier molecular flexibility index (Phi) is 5.65. The van der Waals surface area contributed by atoms with Crippen LogP contribution in [0.3, 0.4) is 0 Å². The van der Waals surface area contributed by atoms with E-state index in [0.29, 0.717) is 5.69 Å². The largest absolute Gasteiger partial charge is 0.354 e. The summed E-state index contributed by atoms with van der Waals surface area (Å²) in [6.07, 6.45) is 1.76. The Morgan fingerprint density at radius 1 is 1.23 bits per heavy atom. The van der Waals surface area contributed by atoms with Crippen LogP contribution >= 0.6 is 11.6 Å². The molecule has 26 heavy (non-hydrogen) atoms. The van der Waals surface area contributed by atoms with Crippen molar-refractivity contribution in [2.75, 3.05) is 42.9 Å². The Bertz CT molecular complexity index is 794. The Hall–Kier alpha value is -2.71. The van der Waals surface area contributed by atoms with Crippen LogP contribution in [0.5, 0.6) is 0 Å². The number of amides is 1. The summed E-state index contributed by atoms with van der Waals surface area (Å²) in [4.78, 5) is 31.1. The van der Waals surface area contributed by atoms with Crippen molar-refractivity contribution in [2.45, 2.75) is 0 Å². The molecule has 1 aliphatic heterocycles. The van der Waals surface area contributed by atoms with E-state index in [1.54, 1.807) is 12.3 Å². The second-order valence-corrected chi connectivity index (χ2v) is 6.33. The van der Waals surface area contributed by atoms with Crippen LogP contribution in [0.25, 0.3) is 0 Å². The Labute approximate surface area is 155 Å². The Morgan fingerprint density at radius 2 is 2.00 bits per heavy atom. The van der Waals surface area contributed by atoms with Gasteiger partial charge in [0.25, 0.3) is 5.69 Å². The Balaban J connectivity index is 1.52. The van der Waals surface area contributed by atoms with Gasteiger partial charge in [-0.05, 0) is 24.3 Å². The van der Waals surface area contributed by atoms with E-state index in [-0.39, 0.29) is 23.2 Å². The molecule has 0 saturated carbocycles. The average molecular weight is 376 g/mol. The number of carbonyl (C=O) groups excluding carboxylic acids is 1. The van der Waals surface area contributed by atoms with E-state index in [9.17, 15) is 14.9 Å². The van der Waals surface area contributed by atoms with Crippen molar-refractivity contribution in [1.29, 1.82) is 0 Å². The van der Waals surface area contributed by atoms with Gasteiger partial charge in [0.05, 0.1) is 11.5 Å². The zero-order valence-corrected chi connectivity index (χ0v) is 14.7. The number of piperazine rings is 1. The predicted molar refractivity (Wildman–Crippen MR) is 99.6 cm³/mol. The second-order valence-electron chi connectivity index (χ2n) is 5.92. The fourth-order valence-electron chi connectivity index (χ4n) is 2.81. The van der Waals surface area contributed by atoms with Crippen LogP contribution < -0.4 is 10.2 Å². The van der Waals surface area contributed by atoms with Crippen LogP contribution in [0.1, 0.15) is 0 Å². The average Bonchev–Trinajstić information content (AvgIpc) is 2.64. The molecule has 1 aromatic carbocycles. The summed E-state index contributed by atoms with van der Waals surface area (Å²) in [5, 5.41) is 13.6. The first-order chi connectivity index (χ1) is 12.5. The molecule has 136 valence electrons. The van der Waals surface area contributed by atoms with Crippen molar-refractivity contribution < 1.29 is 9.72 Å². The summed E-state index contributed by atoms with van der Waals surface area (Å²) in [6.45, 7) is 3.29. The van der Waals surface area contributed by atoms with E-state index in [1.807, 2.05) is 23.1 Å². The standard InChI is InChI=1S/C17H18ClN5O3/c18-14-5-4-13(11-15(14)23(25)26)20-17(24)12-21-7-9-22(10-8-21)16-3-1-2-6-19-16/h1-6,11H,7-10,12H2,(H,20,24). The summed E-state index contributed by atoms with van der Waals surface area (Å²) in [5.74, 6) is 0.720. The molecule has 1 aromatic heterocycles. The number of hydrogen-bond acceptors (Lipinski definition) is 6. The van der Waals surface area contributed by atoms with Crippen LogP contribution in [0.15, 0.2) is 42.6 Å². The molecule has 0 radical (unpaired) electrons. The van der Waals surface area contributed by atoms with Gasteiger partial charge in [0.1, 0.15) is 10.8 Å². The summed E-state index contributed by atoms with van der Waals surface area (Å²) >= 11 is 5.78. The van der Waals surface area contributed by atoms with Crippen molar-refractivity contribution in [1.82, 2.24) is 9.88 Å². The number of nitro benzene ring substituents is 1. The van der Waals surface area contributed by atoms with Crippen LogP contribution in [0, 0.1) is 10.1 Å². The molecular formula is C17H18ClN5O3. The number of carbonyl (C=O) groups is 1. The first-order valence-electron chi connectivity index (χ1n) is 8.15. The number of nitro groups is 1. The third kappa shape index (κ3) is 4.47. The number of pyridine rings is 1. The van der Waals surface area contributed by atoms with Crippen LogP contribution in [-0.2, 0) is 4.79 Å². The van der Waals surface area contributed by atoms with Crippen molar-refractivity contribution in [2.24, 2.45) is 0 Å². The maximum Gasteiger partial charge on any atom is 0.289 e. The van der Waals surface area contributed by atoms with Crippen LogP contribution in [0.2, 0.25) is 5.02 Å². The van der Waals surface area contributed by atoms with E-state index < -0.39 is 4.92 Å². The maximum absolute atomic E-state index is 12.2. The molecule has 1 fully saturated rings. The number of rotatable bonds is 5. The third-order valence-corrected chi connectivity index (χ3v) is 4.46. The van der Waals surface area contributed by atoms with Gasteiger partial charge in [-0.1, -0.05) is 17.7 Å². The van der Waals surface area contributed by atoms with Gasteiger partial charge in [0.2, 0.25) is 5.91 Å². The van der Waals surface area contributed by atoms with Crippen molar-refractivity contribution >= 4 is 34.7 Å². The molecule has 1 N–H and O–H groups in total. The lowest BCUT2D eigenvalue weighted by Crippen LogP contribution is -2.48. The number of aromatic nitrogens is 1. The minimum Gasteiger partial charge on any atom is -0.354 e. The van der Waals surface area contributed by atoms with E-state index in [1.165, 1.54) is 12.1 Å². The fraction of sp³-hybridized carbons (Fsp3) is 0.294. The first-order valence-corrected chi connectivity index (χ1v) is 8.53. The number of nitrogens with zero attached hydrogens (tertiary/aromatic N) is 4. The number of halogens is 1. The van der Waals surface area contributed by atoms with Gasteiger partial charge in [-0.3, -0.25) is 19.8 Å². The number of anilines is 2. The summed E-state index contributed by atoms with van der Waals surface area (Å²) in [7, 11) is 0. The van der Waals surface area contributed by atoms with Gasteiger partial charge >= 0.3 is 0 Å². The summed E-state index contributed by atoms with van der Waals surface area (Å²) in [5.41, 5.74) is 0.131. The quantitative estimate of drug-likeness (QED) is 0.637. The molecule has 8 nitrogen and oxygen atoms in total. The lowest BCUT2D eigenvalue weighted by molar-refractivity contribution is -0.384. The van der Waals surface area contributed by atoms with Gasteiger partial charge in [0, 0.05) is 44.1 Å². The number of nitrogens with one attached hydrogen (secondary N) is 1. The fourth-order valence-corrected chi connectivity index (χ4v) is 3.00. The zero-order chi connectivity index (χ0) is 18.5. The van der Waals surface area contributed by atoms with E-state index in [0.717, 1.165) is 32.0 Å². The van der Waals surface area contributed by atoms with Gasteiger partial charge in [-0.2, -0.15) is 0 Å². The molecule has 0 atom stereocenters. The lowest BCUT2D eigenvalue weighted by atomic mass is 10.2. The molecule has 1 saturated heterocycles. The normalized spacial score (nSPS) is 14.9. The molecule has 0 unspecified atom stereocenters. The zero-order valence-electron chi connectivity index (χ0n) is 14.0. The van der Waals surface area contributed by atoms with Gasteiger partial charge in [0.15, 0.2) is 0 Å². The predicted octanol–water partition coefficient (Wildman–Crippen LogP) is 2.40. The maximum atomic E-state index is 12.2. The summed E-state index contributed by atoms with van der Waals surface area (Å²) in [6, 6.07) is 10.0. The molecule has 0 aliphatic carbocycles. The van der Waals surface area contributed by atoms with E-state index >= 15 is 0 Å². The molecule has 1 amide bonds. The molecule has 0 bridgehead atoms. The van der Waals surface area contributed by atoms with Crippen molar-refractivity contribution in [3.05, 3.63) is 57.7 Å². The molecule has 9 heteroatoms. The topological polar surface area (TPSA) is 91.6 Å². The minimum atomic E-state index is -0.575. The molecule has 1 aliphatic rings. The van der Waals surface area contributed by atoms with Crippen molar-refractivity contribution in [3.8, 4) is 0 Å². The first kappa shape index (κ1) is 18.1. The number of hydrogen-bond donors (Lipinski definition) is 1. The van der Waals surface area contributed by atoms with Crippen LogP contribution in [-0.4, -0.2) is 53.4 Å². The lowest BCUT2D eigenvalue weighted by Gasteiger charge is -2.34.